The Hall–Kier alpha value is -2.33. The van der Waals surface area contributed by atoms with E-state index in [9.17, 15) is 22.8 Å². The number of nitrogens with one attached hydrogen (secondary N) is 1. The summed E-state index contributed by atoms with van der Waals surface area (Å²) in [5, 5.41) is 10.7. The third kappa shape index (κ3) is 10.4. The van der Waals surface area contributed by atoms with Crippen LogP contribution in [-0.2, 0) is 20.8 Å². The van der Waals surface area contributed by atoms with Crippen molar-refractivity contribution in [3.8, 4) is 0 Å². The van der Waals surface area contributed by atoms with Crippen LogP contribution < -0.4 is 11.1 Å². The van der Waals surface area contributed by atoms with Gasteiger partial charge < -0.3 is 21.1 Å². The Morgan fingerprint density at radius 2 is 1.97 bits per heavy atom. The summed E-state index contributed by atoms with van der Waals surface area (Å²) in [5.41, 5.74) is 6.43. The Kier molecular flexibility index (Phi) is 10.6. The second kappa shape index (κ2) is 12.4. The van der Waals surface area contributed by atoms with Crippen LogP contribution in [0.25, 0.3) is 0 Å². The first kappa shape index (κ1) is 25.7. The van der Waals surface area contributed by atoms with E-state index in [-0.39, 0.29) is 17.7 Å². The summed E-state index contributed by atoms with van der Waals surface area (Å²) in [5.74, 6) is -3.00. The van der Waals surface area contributed by atoms with Gasteiger partial charge in [0, 0.05) is 31.1 Å². The highest BCUT2D eigenvalue weighted by atomic mass is 35.5. The molecule has 2 rings (SSSR count). The number of aliphatic carboxylic acids is 1. The van der Waals surface area contributed by atoms with Crippen LogP contribution in [0, 0.1) is 5.92 Å². The molecule has 11 heteroatoms. The molecule has 1 heterocycles. The van der Waals surface area contributed by atoms with Crippen LogP contribution in [0.3, 0.4) is 0 Å². The lowest BCUT2D eigenvalue weighted by molar-refractivity contribution is -0.192. The van der Waals surface area contributed by atoms with E-state index in [1.54, 1.807) is 0 Å². The predicted octanol–water partition coefficient (Wildman–Crippen LogP) is 2.22. The average Bonchev–Trinajstić information content (AvgIpc) is 2.66. The Balaban J connectivity index is 0.000000553. The molecule has 0 aliphatic carbocycles. The Bertz CT molecular complexity index is 731. The van der Waals surface area contributed by atoms with Gasteiger partial charge in [-0.2, -0.15) is 13.2 Å². The molecule has 0 spiro atoms. The fourth-order valence-electron chi connectivity index (χ4n) is 2.88. The zero-order valence-electron chi connectivity index (χ0n) is 16.3. The molecule has 168 valence electrons. The number of carboxylic acid groups (broad SMARTS) is 1. The van der Waals surface area contributed by atoms with Crippen LogP contribution in [0.1, 0.15) is 24.8 Å². The summed E-state index contributed by atoms with van der Waals surface area (Å²) in [6, 6.07) is 7.56. The van der Waals surface area contributed by atoms with Crippen LogP contribution in [-0.4, -0.2) is 60.1 Å². The fraction of sp³-hybridized carbons (Fsp3) is 0.526. The number of primary amides is 1. The molecule has 0 aromatic heterocycles. The Labute approximate surface area is 177 Å². The topological polar surface area (TPSA) is 113 Å². The monoisotopic (exact) mass is 451 g/mol. The highest BCUT2D eigenvalue weighted by molar-refractivity contribution is 6.30. The van der Waals surface area contributed by atoms with Gasteiger partial charge in [-0.3, -0.25) is 9.59 Å². The molecule has 1 saturated heterocycles. The second-order valence-electron chi connectivity index (χ2n) is 6.82. The van der Waals surface area contributed by atoms with E-state index in [1.165, 1.54) is 0 Å². The smallest absolute Gasteiger partial charge is 0.475 e. The summed E-state index contributed by atoms with van der Waals surface area (Å²) in [6.07, 6.45) is -2.10. The van der Waals surface area contributed by atoms with Crippen LogP contribution in [0.15, 0.2) is 24.3 Å². The van der Waals surface area contributed by atoms with Crippen molar-refractivity contribution in [3.63, 3.8) is 0 Å². The number of piperidine rings is 1. The number of hydrogen-bond donors (Lipinski definition) is 3. The van der Waals surface area contributed by atoms with Gasteiger partial charge in [-0.15, -0.1) is 0 Å². The number of carbonyl (C=O) groups excluding carboxylic acids is 2. The number of aryl methyl sites for hydroxylation is 1. The third-order valence-electron chi connectivity index (χ3n) is 4.43. The minimum absolute atomic E-state index is 0.0356. The van der Waals surface area contributed by atoms with Crippen molar-refractivity contribution in [2.45, 2.75) is 31.9 Å². The minimum atomic E-state index is -5.08. The molecular weight excluding hydrogens is 427 g/mol. The van der Waals surface area contributed by atoms with Gasteiger partial charge in [-0.05, 0) is 43.5 Å². The molecule has 4 N–H and O–H groups in total. The van der Waals surface area contributed by atoms with E-state index >= 15 is 0 Å². The van der Waals surface area contributed by atoms with Gasteiger partial charge in [0.2, 0.25) is 11.8 Å². The van der Waals surface area contributed by atoms with Gasteiger partial charge in [0.15, 0.2) is 0 Å². The highest BCUT2D eigenvalue weighted by Crippen LogP contribution is 2.15. The molecule has 1 aromatic carbocycles. The number of benzene rings is 1. The predicted molar refractivity (Wildman–Crippen MR) is 105 cm³/mol. The van der Waals surface area contributed by atoms with Crippen molar-refractivity contribution < 1.29 is 32.7 Å². The normalized spacial score (nSPS) is 16.9. The van der Waals surface area contributed by atoms with Crippen LogP contribution in [0.2, 0.25) is 5.02 Å². The van der Waals surface area contributed by atoms with Gasteiger partial charge in [-0.1, -0.05) is 23.7 Å². The lowest BCUT2D eigenvalue weighted by Gasteiger charge is -2.31. The van der Waals surface area contributed by atoms with Crippen molar-refractivity contribution in [2.75, 3.05) is 26.2 Å². The minimum Gasteiger partial charge on any atom is -0.475 e. The maximum Gasteiger partial charge on any atom is 0.490 e. The van der Waals surface area contributed by atoms with Crippen molar-refractivity contribution in [3.05, 3.63) is 34.9 Å². The van der Waals surface area contributed by atoms with Crippen LogP contribution >= 0.6 is 11.6 Å². The molecular formula is C19H25ClF3N3O4. The van der Waals surface area contributed by atoms with Crippen molar-refractivity contribution in [1.29, 1.82) is 0 Å². The molecule has 0 saturated carbocycles. The standard InChI is InChI=1S/C17H24ClN3O2.C2HF3O2/c18-15-5-1-3-13(11-15)6-7-16(22)20-8-10-21-9-2-4-14(12-21)17(19)23;3-2(4,5)1(6)7/h1,3,5,11,14H,2,4,6-10,12H2,(H2,19,23)(H,20,22);(H,6,7). The molecule has 1 aliphatic heterocycles. The van der Waals surface area contributed by atoms with Crippen LogP contribution in [0.4, 0.5) is 13.2 Å². The number of carboxylic acids is 1. The molecule has 1 unspecified atom stereocenters. The van der Waals surface area contributed by atoms with Crippen molar-refractivity contribution in [1.82, 2.24) is 10.2 Å². The zero-order chi connectivity index (χ0) is 22.7. The van der Waals surface area contributed by atoms with Crippen molar-refractivity contribution >= 4 is 29.4 Å². The molecule has 0 radical (unpaired) electrons. The van der Waals surface area contributed by atoms with E-state index in [1.807, 2.05) is 24.3 Å². The zero-order valence-corrected chi connectivity index (χ0v) is 17.0. The number of nitrogens with two attached hydrogens (primary N) is 1. The summed E-state index contributed by atoms with van der Waals surface area (Å²) < 4.78 is 31.7. The molecule has 1 fully saturated rings. The van der Waals surface area contributed by atoms with E-state index in [0.29, 0.717) is 31.0 Å². The molecule has 1 aliphatic rings. The highest BCUT2D eigenvalue weighted by Gasteiger charge is 2.38. The van der Waals surface area contributed by atoms with Crippen LogP contribution in [0.5, 0.6) is 0 Å². The Morgan fingerprint density at radius 3 is 2.53 bits per heavy atom. The number of rotatable bonds is 7. The van der Waals surface area contributed by atoms with E-state index < -0.39 is 12.1 Å². The van der Waals surface area contributed by atoms with E-state index in [4.69, 9.17) is 27.2 Å². The van der Waals surface area contributed by atoms with Gasteiger partial charge in [-0.25, -0.2) is 4.79 Å². The number of nitrogens with zero attached hydrogens (tertiary/aromatic N) is 1. The lowest BCUT2D eigenvalue weighted by atomic mass is 9.97. The Morgan fingerprint density at radius 1 is 1.30 bits per heavy atom. The SMILES string of the molecule is NC(=O)C1CCCN(CCNC(=O)CCc2cccc(Cl)c2)C1.O=C(O)C(F)(F)F. The van der Waals surface area contributed by atoms with Gasteiger partial charge in [0.05, 0.1) is 5.92 Å². The average molecular weight is 452 g/mol. The third-order valence-corrected chi connectivity index (χ3v) is 4.67. The number of amides is 2. The number of halogens is 4. The number of hydrogen-bond acceptors (Lipinski definition) is 4. The van der Waals surface area contributed by atoms with Gasteiger partial charge in [0.25, 0.3) is 0 Å². The molecule has 2 amide bonds. The molecule has 1 atom stereocenters. The first-order valence-electron chi connectivity index (χ1n) is 9.32. The van der Waals surface area contributed by atoms with Crippen molar-refractivity contribution in [2.24, 2.45) is 11.7 Å². The summed E-state index contributed by atoms with van der Waals surface area (Å²) >= 11 is 5.92. The van der Waals surface area contributed by atoms with E-state index in [2.05, 4.69) is 10.2 Å². The maximum absolute atomic E-state index is 11.9. The quantitative estimate of drug-likeness (QED) is 0.588. The van der Waals surface area contributed by atoms with Gasteiger partial charge in [0.1, 0.15) is 0 Å². The first-order valence-corrected chi connectivity index (χ1v) is 9.69. The number of carbonyl (C=O) groups is 3. The molecule has 0 bridgehead atoms. The first-order chi connectivity index (χ1) is 14.0. The van der Waals surface area contributed by atoms with Gasteiger partial charge >= 0.3 is 12.1 Å². The summed E-state index contributed by atoms with van der Waals surface area (Å²) in [6.45, 7) is 3.02. The number of likely N-dealkylation sites (tertiary alicyclic amines) is 1. The summed E-state index contributed by atoms with van der Waals surface area (Å²) in [7, 11) is 0. The second-order valence-corrected chi connectivity index (χ2v) is 7.26. The largest absolute Gasteiger partial charge is 0.490 e. The lowest BCUT2D eigenvalue weighted by Crippen LogP contribution is -2.44. The molecule has 7 nitrogen and oxygen atoms in total. The van der Waals surface area contributed by atoms with E-state index in [0.717, 1.165) is 31.5 Å². The number of alkyl halides is 3. The molecule has 30 heavy (non-hydrogen) atoms. The fourth-order valence-corrected chi connectivity index (χ4v) is 3.10. The maximum atomic E-state index is 11.9. The molecule has 1 aromatic rings. The summed E-state index contributed by atoms with van der Waals surface area (Å²) in [4.78, 5) is 34.2.